The van der Waals surface area contributed by atoms with E-state index in [9.17, 15) is 33.3 Å². The van der Waals surface area contributed by atoms with Gasteiger partial charge in [0.1, 0.15) is 18.1 Å². The molecule has 0 amide bonds. The molecule has 17 heteroatoms. The van der Waals surface area contributed by atoms with E-state index in [-0.39, 0.29) is 0 Å². The first-order valence-corrected chi connectivity index (χ1v) is 10.4. The molecule has 0 saturated carbocycles. The first kappa shape index (κ1) is 28.9. The summed E-state index contributed by atoms with van der Waals surface area (Å²) >= 11 is 0. The highest BCUT2D eigenvalue weighted by Gasteiger charge is 2.39. The number of carboxylic acids is 3. The van der Waals surface area contributed by atoms with Gasteiger partial charge >= 0.3 is 43.6 Å². The Kier molecular flexibility index (Phi) is 12.1. The van der Waals surface area contributed by atoms with Gasteiger partial charge in [0.25, 0.3) is 0 Å². The molecule has 0 aromatic rings. The van der Waals surface area contributed by atoms with E-state index in [1.54, 1.807) is 0 Å². The van der Waals surface area contributed by atoms with Crippen molar-refractivity contribution < 1.29 is 62.2 Å². The first-order chi connectivity index (χ1) is 14.7. The fourth-order valence-corrected chi connectivity index (χ4v) is 2.89. The van der Waals surface area contributed by atoms with Gasteiger partial charge in [-0.2, -0.15) is 4.57 Å². The lowest BCUT2D eigenvalue weighted by Crippen LogP contribution is -2.31. The number of rotatable bonds is 15. The van der Waals surface area contributed by atoms with Crippen LogP contribution in [0.1, 0.15) is 38.5 Å². The number of hydrogen-bond acceptors (Lipinski definition) is 13. The maximum absolute atomic E-state index is 12.6. The third-order valence-corrected chi connectivity index (χ3v) is 4.85. The van der Waals surface area contributed by atoms with Crippen molar-refractivity contribution in [1.82, 2.24) is 0 Å². The van der Waals surface area contributed by atoms with Crippen LogP contribution in [-0.2, 0) is 46.9 Å². The highest BCUT2D eigenvalue weighted by molar-refractivity contribution is 7.50. The summed E-state index contributed by atoms with van der Waals surface area (Å²) in [6.45, 7) is 0. The summed E-state index contributed by atoms with van der Waals surface area (Å²) in [6.07, 6.45) is -3.51. The molecule has 16 nitrogen and oxygen atoms in total. The van der Waals surface area contributed by atoms with Gasteiger partial charge in [0.05, 0.1) is 0 Å². The highest BCUT2D eigenvalue weighted by atomic mass is 31.2. The highest BCUT2D eigenvalue weighted by Crippen LogP contribution is 2.50. The standard InChI is InChI=1S/C15H24N3O13P/c16-7(13(22)23)1-4-10(19)29-32(28,30-11(20)5-2-8(17)14(24)25)31-12(21)6-3-9(18)15(26)27/h7-9H,1-6,16-18H2,(H,22,23)(H,24,25)(H,26,27). The summed E-state index contributed by atoms with van der Waals surface area (Å²) in [5.74, 6) is -8.50. The molecule has 182 valence electrons. The molecule has 0 bridgehead atoms. The molecule has 0 rings (SSSR count). The number of nitrogens with two attached hydrogens (primary N) is 3. The number of carbonyl (C=O) groups is 6. The van der Waals surface area contributed by atoms with Gasteiger partial charge < -0.3 is 46.1 Å². The lowest BCUT2D eigenvalue weighted by atomic mass is 10.2. The van der Waals surface area contributed by atoms with Gasteiger partial charge in [-0.15, -0.1) is 0 Å². The lowest BCUT2D eigenvalue weighted by Gasteiger charge is -2.17. The van der Waals surface area contributed by atoms with Crippen molar-refractivity contribution in [2.24, 2.45) is 17.2 Å². The Labute approximate surface area is 180 Å². The summed E-state index contributed by atoms with van der Waals surface area (Å²) in [6, 6.07) is -4.41. The maximum Gasteiger partial charge on any atom is 0.653 e. The monoisotopic (exact) mass is 485 g/mol. The van der Waals surface area contributed by atoms with Crippen LogP contribution >= 0.6 is 7.82 Å². The van der Waals surface area contributed by atoms with Crippen LogP contribution in [0.15, 0.2) is 0 Å². The van der Waals surface area contributed by atoms with Crippen LogP contribution in [-0.4, -0.2) is 69.3 Å². The van der Waals surface area contributed by atoms with Crippen LogP contribution in [0, 0.1) is 0 Å². The second kappa shape index (κ2) is 13.4. The van der Waals surface area contributed by atoms with E-state index in [1.165, 1.54) is 0 Å². The molecule has 0 saturated heterocycles. The summed E-state index contributed by atoms with van der Waals surface area (Å²) < 4.78 is 25.8. The van der Waals surface area contributed by atoms with Crippen LogP contribution in [0.2, 0.25) is 0 Å². The summed E-state index contributed by atoms with van der Waals surface area (Å²) in [5, 5.41) is 26.0. The van der Waals surface area contributed by atoms with E-state index in [0.29, 0.717) is 0 Å². The van der Waals surface area contributed by atoms with E-state index < -0.39 is 100 Å². The quantitative estimate of drug-likeness (QED) is 0.141. The largest absolute Gasteiger partial charge is 0.653 e. The van der Waals surface area contributed by atoms with Crippen molar-refractivity contribution in [2.45, 2.75) is 56.7 Å². The molecule has 3 unspecified atom stereocenters. The zero-order valence-corrected chi connectivity index (χ0v) is 17.5. The molecule has 3 atom stereocenters. The van der Waals surface area contributed by atoms with Crippen molar-refractivity contribution in [2.75, 3.05) is 0 Å². The summed E-state index contributed by atoms with van der Waals surface area (Å²) in [4.78, 5) is 67.5. The van der Waals surface area contributed by atoms with Crippen molar-refractivity contribution in [3.05, 3.63) is 0 Å². The molecule has 32 heavy (non-hydrogen) atoms. The molecule has 0 spiro atoms. The van der Waals surface area contributed by atoms with Gasteiger partial charge in [0, 0.05) is 19.3 Å². The Morgan fingerprint density at radius 1 is 0.594 bits per heavy atom. The van der Waals surface area contributed by atoms with Crippen LogP contribution in [0.25, 0.3) is 0 Å². The molecule has 0 aromatic carbocycles. The minimum absolute atomic E-state index is 0.461. The summed E-state index contributed by atoms with van der Waals surface area (Å²) in [5.41, 5.74) is 15.6. The number of carbonyl (C=O) groups excluding carboxylic acids is 3. The van der Waals surface area contributed by atoms with E-state index in [1.807, 2.05) is 0 Å². The van der Waals surface area contributed by atoms with Gasteiger partial charge in [-0.05, 0) is 19.3 Å². The van der Waals surface area contributed by atoms with E-state index in [0.717, 1.165) is 0 Å². The molecule has 9 N–H and O–H groups in total. The van der Waals surface area contributed by atoms with Gasteiger partial charge in [0.2, 0.25) is 0 Å². The van der Waals surface area contributed by atoms with Crippen molar-refractivity contribution in [1.29, 1.82) is 0 Å². The molecule has 0 aliphatic heterocycles. The van der Waals surface area contributed by atoms with E-state index >= 15 is 0 Å². The predicted octanol–water partition coefficient (Wildman–Crippen LogP) is -1.70. The number of phosphoric ester groups is 1. The second-order valence-electron chi connectivity index (χ2n) is 6.29. The van der Waals surface area contributed by atoms with Gasteiger partial charge in [-0.25, -0.2) is 0 Å². The van der Waals surface area contributed by atoms with Gasteiger partial charge in [-0.1, -0.05) is 0 Å². The summed E-state index contributed by atoms with van der Waals surface area (Å²) in [7, 11) is -5.25. The average Bonchev–Trinajstić information content (AvgIpc) is 2.67. The van der Waals surface area contributed by atoms with Gasteiger partial charge in [-0.3, -0.25) is 28.8 Å². The second-order valence-corrected chi connectivity index (χ2v) is 7.73. The first-order valence-electron chi connectivity index (χ1n) is 8.89. The van der Waals surface area contributed by atoms with Crippen molar-refractivity contribution in [3.8, 4) is 0 Å². The normalized spacial score (nSPS) is 15.3. The molecule has 0 heterocycles. The zero-order valence-electron chi connectivity index (χ0n) is 16.6. The Morgan fingerprint density at radius 3 is 1.00 bits per heavy atom. The van der Waals surface area contributed by atoms with Crippen LogP contribution in [0.4, 0.5) is 0 Å². The number of phosphoric acid groups is 1. The Bertz CT molecular complexity index is 687. The Hall–Kier alpha value is -3.07. The number of hydrogen-bond donors (Lipinski definition) is 6. The minimum Gasteiger partial charge on any atom is -0.480 e. The van der Waals surface area contributed by atoms with Crippen LogP contribution in [0.5, 0.6) is 0 Å². The van der Waals surface area contributed by atoms with E-state index in [2.05, 4.69) is 13.6 Å². The number of aliphatic carboxylic acids is 3. The average molecular weight is 485 g/mol. The fourth-order valence-electron chi connectivity index (χ4n) is 1.76. The molecule has 0 aliphatic carbocycles. The topological polar surface area (TPSA) is 286 Å². The minimum atomic E-state index is -5.25. The third kappa shape index (κ3) is 11.9. The van der Waals surface area contributed by atoms with Crippen molar-refractivity contribution >= 4 is 43.6 Å². The molecule has 0 radical (unpaired) electrons. The molecule has 0 aromatic heterocycles. The van der Waals surface area contributed by atoms with Crippen molar-refractivity contribution in [3.63, 3.8) is 0 Å². The maximum atomic E-state index is 12.6. The molecule has 0 aliphatic rings. The lowest BCUT2D eigenvalue weighted by molar-refractivity contribution is -0.144. The van der Waals surface area contributed by atoms with Crippen LogP contribution in [0.3, 0.4) is 0 Å². The Morgan fingerprint density at radius 2 is 0.812 bits per heavy atom. The zero-order chi connectivity index (χ0) is 25.1. The SMILES string of the molecule is NC(CCC(=O)OP(=O)(OC(=O)CCC(N)C(=O)O)OC(=O)CCC(N)C(=O)O)C(=O)O. The third-order valence-electron chi connectivity index (χ3n) is 3.57. The molecular formula is C15H24N3O13P. The smallest absolute Gasteiger partial charge is 0.480 e. The fraction of sp³-hybridized carbons (Fsp3) is 0.600. The number of carboxylic acid groups (broad SMARTS) is 3. The molecule has 0 fully saturated rings. The van der Waals surface area contributed by atoms with E-state index in [4.69, 9.17) is 32.5 Å². The van der Waals surface area contributed by atoms with Crippen LogP contribution < -0.4 is 17.2 Å². The van der Waals surface area contributed by atoms with Gasteiger partial charge in [0.15, 0.2) is 0 Å². The molecular weight excluding hydrogens is 461 g/mol. The predicted molar refractivity (Wildman–Crippen MR) is 100 cm³/mol. The Balaban J connectivity index is 5.19.